The molecule has 1 unspecified atom stereocenters. The predicted molar refractivity (Wildman–Crippen MR) is 88.7 cm³/mol. The van der Waals surface area contributed by atoms with Crippen molar-refractivity contribution >= 4 is 23.2 Å². The normalized spacial score (nSPS) is 17.5. The van der Waals surface area contributed by atoms with Crippen molar-refractivity contribution in [1.29, 1.82) is 0 Å². The standard InChI is InChI=1S/C15H19Cl2FN4/c1-8(19)7-12-15(20)21-5-6-22(12)9(2)13-10(16)3-4-11(18)14(13)17/h3-4,7,9,21H,5-6,19-20H2,1-2H3/b8-7-. The Kier molecular flexibility index (Phi) is 5.08. The number of halogens is 3. The smallest absolute Gasteiger partial charge is 0.142 e. The monoisotopic (exact) mass is 344 g/mol. The number of hydrogen-bond donors (Lipinski definition) is 3. The Balaban J connectivity index is 2.48. The molecule has 0 fully saturated rings. The lowest BCUT2D eigenvalue weighted by Crippen LogP contribution is -2.42. The van der Waals surface area contributed by atoms with Crippen molar-refractivity contribution in [3.05, 3.63) is 56.8 Å². The molecule has 0 spiro atoms. The van der Waals surface area contributed by atoms with Crippen molar-refractivity contribution in [1.82, 2.24) is 10.2 Å². The number of nitrogens with one attached hydrogen (secondary N) is 1. The molecule has 0 radical (unpaired) electrons. The Morgan fingerprint density at radius 3 is 2.77 bits per heavy atom. The van der Waals surface area contributed by atoms with Gasteiger partial charge in [-0.05, 0) is 32.1 Å². The highest BCUT2D eigenvalue weighted by Crippen LogP contribution is 2.37. The first-order valence-electron chi connectivity index (χ1n) is 6.90. The molecule has 0 aromatic heterocycles. The van der Waals surface area contributed by atoms with Gasteiger partial charge in [0.1, 0.15) is 11.6 Å². The minimum absolute atomic E-state index is 0.0323. The van der Waals surface area contributed by atoms with Gasteiger partial charge in [-0.2, -0.15) is 0 Å². The van der Waals surface area contributed by atoms with Gasteiger partial charge in [0.2, 0.25) is 0 Å². The van der Waals surface area contributed by atoms with Crippen molar-refractivity contribution < 1.29 is 4.39 Å². The highest BCUT2D eigenvalue weighted by Gasteiger charge is 2.26. The van der Waals surface area contributed by atoms with E-state index in [1.807, 2.05) is 11.8 Å². The van der Waals surface area contributed by atoms with E-state index in [-0.39, 0.29) is 11.1 Å². The quantitative estimate of drug-likeness (QED) is 0.737. The van der Waals surface area contributed by atoms with Crippen LogP contribution in [0.25, 0.3) is 0 Å². The van der Waals surface area contributed by atoms with Gasteiger partial charge < -0.3 is 21.7 Å². The lowest BCUT2D eigenvalue weighted by Gasteiger charge is -2.37. The second-order valence-electron chi connectivity index (χ2n) is 5.24. The maximum Gasteiger partial charge on any atom is 0.142 e. The number of allylic oxidation sites excluding steroid dienone is 2. The molecule has 7 heteroatoms. The molecule has 1 heterocycles. The number of nitrogens with zero attached hydrogens (tertiary/aromatic N) is 1. The number of hydrogen-bond acceptors (Lipinski definition) is 4. The molecule has 0 saturated carbocycles. The lowest BCUT2D eigenvalue weighted by molar-refractivity contribution is 0.260. The molecule has 0 bridgehead atoms. The summed E-state index contributed by atoms with van der Waals surface area (Å²) in [5, 5.41) is 3.54. The van der Waals surface area contributed by atoms with Gasteiger partial charge in [0, 0.05) is 29.4 Å². The number of rotatable bonds is 3. The maximum absolute atomic E-state index is 13.8. The Morgan fingerprint density at radius 1 is 1.45 bits per heavy atom. The number of nitrogens with two attached hydrogens (primary N) is 2. The van der Waals surface area contributed by atoms with E-state index < -0.39 is 5.82 Å². The van der Waals surface area contributed by atoms with Crippen molar-refractivity contribution in [2.75, 3.05) is 13.1 Å². The first-order valence-corrected chi connectivity index (χ1v) is 7.66. The summed E-state index contributed by atoms with van der Waals surface area (Å²) < 4.78 is 13.8. The Labute approximate surface area is 139 Å². The van der Waals surface area contributed by atoms with Crippen LogP contribution in [0.15, 0.2) is 35.4 Å². The van der Waals surface area contributed by atoms with Crippen LogP contribution in [0.4, 0.5) is 4.39 Å². The summed E-state index contributed by atoms with van der Waals surface area (Å²) in [4.78, 5) is 2.01. The second-order valence-corrected chi connectivity index (χ2v) is 6.03. The third kappa shape index (κ3) is 3.25. The summed E-state index contributed by atoms with van der Waals surface area (Å²) in [7, 11) is 0. The van der Waals surface area contributed by atoms with Crippen LogP contribution >= 0.6 is 23.2 Å². The fourth-order valence-electron chi connectivity index (χ4n) is 2.54. The first kappa shape index (κ1) is 16.8. The average Bonchev–Trinajstić information content (AvgIpc) is 2.45. The van der Waals surface area contributed by atoms with E-state index in [1.165, 1.54) is 12.1 Å². The summed E-state index contributed by atoms with van der Waals surface area (Å²) in [6.07, 6.45) is 1.78. The van der Waals surface area contributed by atoms with Crippen LogP contribution in [0.2, 0.25) is 10.0 Å². The molecule has 4 nitrogen and oxygen atoms in total. The van der Waals surface area contributed by atoms with Crippen LogP contribution in [0.3, 0.4) is 0 Å². The fraction of sp³-hybridized carbons (Fsp3) is 0.333. The van der Waals surface area contributed by atoms with Gasteiger partial charge in [0.05, 0.1) is 16.8 Å². The highest BCUT2D eigenvalue weighted by atomic mass is 35.5. The third-order valence-corrected chi connectivity index (χ3v) is 4.30. The highest BCUT2D eigenvalue weighted by molar-refractivity contribution is 6.36. The largest absolute Gasteiger partial charge is 0.402 e. The molecule has 22 heavy (non-hydrogen) atoms. The van der Waals surface area contributed by atoms with Crippen molar-refractivity contribution in [2.24, 2.45) is 11.5 Å². The van der Waals surface area contributed by atoms with Gasteiger partial charge in [-0.1, -0.05) is 23.2 Å². The van der Waals surface area contributed by atoms with E-state index in [0.717, 1.165) is 5.70 Å². The third-order valence-electron chi connectivity index (χ3n) is 3.58. The van der Waals surface area contributed by atoms with Crippen molar-refractivity contribution in [3.63, 3.8) is 0 Å². The molecule has 0 aliphatic carbocycles. The zero-order chi connectivity index (χ0) is 16.4. The van der Waals surface area contributed by atoms with Gasteiger partial charge in [-0.25, -0.2) is 4.39 Å². The topological polar surface area (TPSA) is 67.3 Å². The minimum atomic E-state index is -0.493. The van der Waals surface area contributed by atoms with Gasteiger partial charge >= 0.3 is 0 Å². The van der Waals surface area contributed by atoms with Crippen LogP contribution in [0.1, 0.15) is 25.5 Å². The van der Waals surface area contributed by atoms with Crippen molar-refractivity contribution in [3.8, 4) is 0 Å². The van der Waals surface area contributed by atoms with Crippen LogP contribution in [0, 0.1) is 5.82 Å². The van der Waals surface area contributed by atoms with E-state index in [1.54, 1.807) is 13.0 Å². The van der Waals surface area contributed by atoms with Gasteiger partial charge in [0.25, 0.3) is 0 Å². The lowest BCUT2D eigenvalue weighted by atomic mass is 10.0. The first-order chi connectivity index (χ1) is 10.3. The van der Waals surface area contributed by atoms with Crippen LogP contribution in [-0.2, 0) is 0 Å². The fourth-order valence-corrected chi connectivity index (χ4v) is 3.22. The molecule has 0 amide bonds. The van der Waals surface area contributed by atoms with E-state index in [0.29, 0.717) is 35.2 Å². The molecule has 1 aliphatic heterocycles. The van der Waals surface area contributed by atoms with Crippen LogP contribution in [-0.4, -0.2) is 18.0 Å². The van der Waals surface area contributed by atoms with Crippen molar-refractivity contribution in [2.45, 2.75) is 19.9 Å². The predicted octanol–water partition coefficient (Wildman–Crippen LogP) is 3.09. The summed E-state index contributed by atoms with van der Waals surface area (Å²) >= 11 is 12.3. The van der Waals surface area contributed by atoms with Gasteiger partial charge in [-0.15, -0.1) is 0 Å². The zero-order valence-corrected chi connectivity index (χ0v) is 14.0. The molecule has 2 rings (SSSR count). The van der Waals surface area contributed by atoms with E-state index in [4.69, 9.17) is 34.7 Å². The molecule has 0 saturated heterocycles. The second kappa shape index (κ2) is 6.67. The molecule has 1 atom stereocenters. The molecule has 1 aliphatic rings. The SMILES string of the molecule is C/C(N)=C/C1=C(N)NCCN1C(C)c1c(Cl)ccc(F)c1Cl. The van der Waals surface area contributed by atoms with E-state index in [9.17, 15) is 4.39 Å². The number of benzene rings is 1. The maximum atomic E-state index is 13.8. The Hall–Kier alpha value is -1.59. The molecule has 1 aromatic carbocycles. The molecular formula is C15H19Cl2FN4. The van der Waals surface area contributed by atoms with E-state index >= 15 is 0 Å². The summed E-state index contributed by atoms with van der Waals surface area (Å²) in [6.45, 7) is 5.02. The summed E-state index contributed by atoms with van der Waals surface area (Å²) in [5.41, 5.74) is 13.7. The molecule has 120 valence electrons. The zero-order valence-electron chi connectivity index (χ0n) is 12.5. The Morgan fingerprint density at radius 2 is 2.14 bits per heavy atom. The van der Waals surface area contributed by atoms with Crippen LogP contribution in [0.5, 0.6) is 0 Å². The van der Waals surface area contributed by atoms with Gasteiger partial charge in [0.15, 0.2) is 0 Å². The summed E-state index contributed by atoms with van der Waals surface area (Å²) in [6, 6.07) is 2.52. The summed E-state index contributed by atoms with van der Waals surface area (Å²) in [5.74, 6) is 0.0265. The Bertz CT molecular complexity index is 639. The minimum Gasteiger partial charge on any atom is -0.402 e. The van der Waals surface area contributed by atoms with Gasteiger partial charge in [-0.3, -0.25) is 0 Å². The molecule has 1 aromatic rings. The average molecular weight is 345 g/mol. The molecular weight excluding hydrogens is 326 g/mol. The van der Waals surface area contributed by atoms with Crippen LogP contribution < -0.4 is 16.8 Å². The van der Waals surface area contributed by atoms with E-state index in [2.05, 4.69) is 5.32 Å². The molecule has 5 N–H and O–H groups in total.